The topological polar surface area (TPSA) is 70.8 Å². The standard InChI is InChI=1S/C12H17N5/c13-7-9-2-5-17(6-3-9)12-10-1-4-14-11(10)15-8-16-12/h1,4,8-9H,2-3,5-7,13H2,(H,14,15,16). The molecule has 1 aliphatic heterocycles. The lowest BCUT2D eigenvalue weighted by Crippen LogP contribution is -2.36. The van der Waals surface area contributed by atoms with Crippen LogP contribution in [0.15, 0.2) is 18.6 Å². The molecule has 0 atom stereocenters. The number of hydrogen-bond donors (Lipinski definition) is 2. The van der Waals surface area contributed by atoms with Gasteiger partial charge in [-0.1, -0.05) is 0 Å². The molecule has 2 aromatic heterocycles. The third kappa shape index (κ3) is 1.86. The van der Waals surface area contributed by atoms with Crippen LogP contribution in [0.3, 0.4) is 0 Å². The first-order valence-electron chi connectivity index (χ1n) is 6.11. The number of anilines is 1. The molecule has 0 aliphatic carbocycles. The molecule has 3 rings (SSSR count). The Morgan fingerprint density at radius 1 is 1.35 bits per heavy atom. The predicted molar refractivity (Wildman–Crippen MR) is 67.9 cm³/mol. The fourth-order valence-electron chi connectivity index (χ4n) is 2.49. The van der Waals surface area contributed by atoms with Gasteiger partial charge in [-0.25, -0.2) is 9.97 Å². The molecule has 1 saturated heterocycles. The maximum Gasteiger partial charge on any atom is 0.142 e. The van der Waals surface area contributed by atoms with Gasteiger partial charge in [-0.15, -0.1) is 0 Å². The van der Waals surface area contributed by atoms with Gasteiger partial charge in [-0.3, -0.25) is 0 Å². The van der Waals surface area contributed by atoms with E-state index in [2.05, 4.69) is 19.9 Å². The van der Waals surface area contributed by atoms with Crippen molar-refractivity contribution < 1.29 is 0 Å². The van der Waals surface area contributed by atoms with Crippen LogP contribution < -0.4 is 10.6 Å². The molecule has 90 valence electrons. The summed E-state index contributed by atoms with van der Waals surface area (Å²) in [4.78, 5) is 14.1. The predicted octanol–water partition coefficient (Wildman–Crippen LogP) is 1.13. The molecular formula is C12H17N5. The molecule has 0 saturated carbocycles. The van der Waals surface area contributed by atoms with Crippen LogP contribution in [0.4, 0.5) is 5.82 Å². The van der Waals surface area contributed by atoms with Gasteiger partial charge in [0, 0.05) is 19.3 Å². The average Bonchev–Trinajstić information content (AvgIpc) is 2.87. The average molecular weight is 231 g/mol. The molecule has 0 aromatic carbocycles. The van der Waals surface area contributed by atoms with Crippen LogP contribution in [0.2, 0.25) is 0 Å². The van der Waals surface area contributed by atoms with Crippen molar-refractivity contribution in [3.8, 4) is 0 Å². The van der Waals surface area contributed by atoms with Gasteiger partial charge in [0.15, 0.2) is 0 Å². The number of piperidine rings is 1. The van der Waals surface area contributed by atoms with Crippen molar-refractivity contribution >= 4 is 16.9 Å². The summed E-state index contributed by atoms with van der Waals surface area (Å²) >= 11 is 0. The minimum atomic E-state index is 0.676. The number of H-pyrrole nitrogens is 1. The van der Waals surface area contributed by atoms with E-state index in [-0.39, 0.29) is 0 Å². The van der Waals surface area contributed by atoms with E-state index in [9.17, 15) is 0 Å². The van der Waals surface area contributed by atoms with Gasteiger partial charge in [0.05, 0.1) is 5.39 Å². The van der Waals surface area contributed by atoms with E-state index in [0.29, 0.717) is 5.92 Å². The van der Waals surface area contributed by atoms with Crippen molar-refractivity contribution in [3.05, 3.63) is 18.6 Å². The first kappa shape index (κ1) is 10.5. The SMILES string of the molecule is NCC1CCN(c2ncnc3[nH]ccc23)CC1. The van der Waals surface area contributed by atoms with E-state index in [1.807, 2.05) is 12.3 Å². The van der Waals surface area contributed by atoms with Gasteiger partial charge in [-0.05, 0) is 31.4 Å². The fourth-order valence-corrected chi connectivity index (χ4v) is 2.49. The Morgan fingerprint density at radius 3 is 2.94 bits per heavy atom. The summed E-state index contributed by atoms with van der Waals surface area (Å²) in [6, 6.07) is 2.04. The van der Waals surface area contributed by atoms with Gasteiger partial charge in [-0.2, -0.15) is 0 Å². The smallest absolute Gasteiger partial charge is 0.142 e. The molecule has 3 heterocycles. The quantitative estimate of drug-likeness (QED) is 0.813. The van der Waals surface area contributed by atoms with Crippen LogP contribution in [-0.4, -0.2) is 34.6 Å². The van der Waals surface area contributed by atoms with Crippen LogP contribution in [-0.2, 0) is 0 Å². The molecule has 2 aromatic rings. The van der Waals surface area contributed by atoms with Crippen LogP contribution in [0.25, 0.3) is 11.0 Å². The van der Waals surface area contributed by atoms with E-state index in [1.165, 1.54) is 0 Å². The highest BCUT2D eigenvalue weighted by Gasteiger charge is 2.20. The Hall–Kier alpha value is -1.62. The molecule has 1 aliphatic rings. The monoisotopic (exact) mass is 231 g/mol. The van der Waals surface area contributed by atoms with Crippen molar-refractivity contribution in [2.75, 3.05) is 24.5 Å². The van der Waals surface area contributed by atoms with Gasteiger partial charge >= 0.3 is 0 Å². The minimum Gasteiger partial charge on any atom is -0.356 e. The zero-order chi connectivity index (χ0) is 11.7. The lowest BCUT2D eigenvalue weighted by Gasteiger charge is -2.32. The summed E-state index contributed by atoms with van der Waals surface area (Å²) in [5.74, 6) is 1.72. The number of nitrogens with zero attached hydrogens (tertiary/aromatic N) is 3. The zero-order valence-corrected chi connectivity index (χ0v) is 9.76. The van der Waals surface area contributed by atoms with Crippen LogP contribution in [0, 0.1) is 5.92 Å². The summed E-state index contributed by atoms with van der Waals surface area (Å²) in [7, 11) is 0. The maximum absolute atomic E-state index is 5.71. The number of hydrogen-bond acceptors (Lipinski definition) is 4. The summed E-state index contributed by atoms with van der Waals surface area (Å²) in [6.45, 7) is 2.88. The Kier molecular flexibility index (Phi) is 2.68. The maximum atomic E-state index is 5.71. The van der Waals surface area contributed by atoms with Gasteiger partial charge in [0.25, 0.3) is 0 Å². The highest BCUT2D eigenvalue weighted by molar-refractivity contribution is 5.87. The number of rotatable bonds is 2. The summed E-state index contributed by atoms with van der Waals surface area (Å²) in [5.41, 5.74) is 6.63. The first-order valence-corrected chi connectivity index (χ1v) is 6.11. The number of aromatic amines is 1. The Bertz CT molecular complexity index is 498. The van der Waals surface area contributed by atoms with E-state index >= 15 is 0 Å². The molecule has 3 N–H and O–H groups in total. The largest absolute Gasteiger partial charge is 0.356 e. The molecule has 0 spiro atoms. The highest BCUT2D eigenvalue weighted by Crippen LogP contribution is 2.26. The van der Waals surface area contributed by atoms with E-state index < -0.39 is 0 Å². The third-order valence-corrected chi connectivity index (χ3v) is 3.58. The third-order valence-electron chi connectivity index (χ3n) is 3.58. The van der Waals surface area contributed by atoms with E-state index in [0.717, 1.165) is 49.3 Å². The number of fused-ring (bicyclic) bond motifs is 1. The molecule has 5 nitrogen and oxygen atoms in total. The normalized spacial score (nSPS) is 17.8. The van der Waals surface area contributed by atoms with Crippen molar-refractivity contribution in [1.82, 2.24) is 15.0 Å². The molecule has 0 amide bonds. The molecule has 1 fully saturated rings. The molecule has 0 unspecified atom stereocenters. The molecule has 17 heavy (non-hydrogen) atoms. The van der Waals surface area contributed by atoms with Gasteiger partial charge < -0.3 is 15.6 Å². The molecule has 5 heteroatoms. The fraction of sp³-hybridized carbons (Fsp3) is 0.500. The second-order valence-corrected chi connectivity index (χ2v) is 4.60. The Balaban J connectivity index is 1.87. The number of nitrogens with two attached hydrogens (primary N) is 1. The molecule has 0 radical (unpaired) electrons. The summed E-state index contributed by atoms with van der Waals surface area (Å²) in [5, 5.41) is 1.11. The lowest BCUT2D eigenvalue weighted by atomic mass is 9.97. The first-order chi connectivity index (χ1) is 8.38. The summed E-state index contributed by atoms with van der Waals surface area (Å²) in [6.07, 6.45) is 5.86. The molecular weight excluding hydrogens is 214 g/mol. The van der Waals surface area contributed by atoms with E-state index in [1.54, 1.807) is 6.33 Å². The summed E-state index contributed by atoms with van der Waals surface area (Å²) < 4.78 is 0. The van der Waals surface area contributed by atoms with Crippen molar-refractivity contribution in [3.63, 3.8) is 0 Å². The zero-order valence-electron chi connectivity index (χ0n) is 9.76. The Morgan fingerprint density at radius 2 is 2.18 bits per heavy atom. The van der Waals surface area contributed by atoms with Crippen LogP contribution in [0.1, 0.15) is 12.8 Å². The van der Waals surface area contributed by atoms with Gasteiger partial charge in [0.1, 0.15) is 17.8 Å². The Labute approximate surface area is 100 Å². The van der Waals surface area contributed by atoms with E-state index in [4.69, 9.17) is 5.73 Å². The number of aromatic nitrogens is 3. The van der Waals surface area contributed by atoms with Crippen LogP contribution in [0.5, 0.6) is 0 Å². The lowest BCUT2D eigenvalue weighted by molar-refractivity contribution is 0.413. The second kappa shape index (κ2) is 4.33. The van der Waals surface area contributed by atoms with Gasteiger partial charge in [0.2, 0.25) is 0 Å². The van der Waals surface area contributed by atoms with Crippen molar-refractivity contribution in [2.24, 2.45) is 11.7 Å². The van der Waals surface area contributed by atoms with Crippen LogP contribution >= 0.6 is 0 Å². The number of nitrogens with one attached hydrogen (secondary N) is 1. The van der Waals surface area contributed by atoms with Crippen molar-refractivity contribution in [2.45, 2.75) is 12.8 Å². The second-order valence-electron chi connectivity index (χ2n) is 4.60. The van der Waals surface area contributed by atoms with Crippen molar-refractivity contribution in [1.29, 1.82) is 0 Å². The highest BCUT2D eigenvalue weighted by atomic mass is 15.2. The molecule has 0 bridgehead atoms. The minimum absolute atomic E-state index is 0.676.